The molecule has 3 N–H and O–H groups in total. The van der Waals surface area contributed by atoms with Crippen LogP contribution >= 0.6 is 7.82 Å². The van der Waals surface area contributed by atoms with Gasteiger partial charge in [0, 0.05) is 12.8 Å². The first kappa shape index (κ1) is 48.7. The first-order valence-corrected chi connectivity index (χ1v) is 21.6. The van der Waals surface area contributed by atoms with E-state index in [0.717, 1.165) is 57.8 Å². The minimum Gasteiger partial charge on any atom is -0.462 e. The van der Waals surface area contributed by atoms with Crippen LogP contribution in [0.25, 0.3) is 0 Å². The number of aliphatic hydroxyl groups excluding tert-OH is 2. The molecule has 0 aromatic heterocycles. The van der Waals surface area contributed by atoms with Gasteiger partial charge in [-0.25, -0.2) is 4.57 Å². The fraction of sp³-hybridized carbons (Fsp3) is 0.897. The molecule has 3 atom stereocenters. The van der Waals surface area contributed by atoms with Gasteiger partial charge in [0.05, 0.1) is 19.8 Å². The Morgan fingerprint density at radius 2 is 0.980 bits per heavy atom. The summed E-state index contributed by atoms with van der Waals surface area (Å²) in [6.45, 7) is 2.37. The molecule has 0 aliphatic heterocycles. The number of hydrogen-bond donors (Lipinski definition) is 3. The van der Waals surface area contributed by atoms with Crippen LogP contribution in [0, 0.1) is 0 Å². The van der Waals surface area contributed by atoms with Crippen molar-refractivity contribution in [1.82, 2.24) is 0 Å². The number of carbonyl (C=O) groups is 2. The van der Waals surface area contributed by atoms with Gasteiger partial charge >= 0.3 is 19.8 Å². The fourth-order valence-electron chi connectivity index (χ4n) is 5.52. The van der Waals surface area contributed by atoms with Crippen molar-refractivity contribution in [2.45, 2.75) is 199 Å². The summed E-state index contributed by atoms with van der Waals surface area (Å²) in [4.78, 5) is 34.8. The van der Waals surface area contributed by atoms with Gasteiger partial charge in [-0.15, -0.1) is 0 Å². The minimum absolute atomic E-state index is 0.178. The number of esters is 2. The third-order valence-electron chi connectivity index (χ3n) is 8.67. The van der Waals surface area contributed by atoms with Crippen molar-refractivity contribution in [1.29, 1.82) is 0 Å². The van der Waals surface area contributed by atoms with E-state index in [9.17, 15) is 24.2 Å². The molecule has 0 aromatic carbocycles. The molecule has 0 heterocycles. The molecule has 0 amide bonds. The lowest BCUT2D eigenvalue weighted by Crippen LogP contribution is -2.29. The molecule has 2 unspecified atom stereocenters. The van der Waals surface area contributed by atoms with E-state index in [1.54, 1.807) is 0 Å². The summed E-state index contributed by atoms with van der Waals surface area (Å²) < 4.78 is 32.6. The number of allylic oxidation sites excluding steroid dienone is 2. The molecule has 0 bridgehead atoms. The van der Waals surface area contributed by atoms with Gasteiger partial charge in [0.25, 0.3) is 0 Å². The number of phosphoric acid groups is 1. The summed E-state index contributed by atoms with van der Waals surface area (Å²) in [5.74, 6) is -0.928. The first-order valence-electron chi connectivity index (χ1n) is 20.1. The van der Waals surface area contributed by atoms with Crippen LogP contribution in [0.1, 0.15) is 187 Å². The van der Waals surface area contributed by atoms with Crippen LogP contribution in [0.2, 0.25) is 0 Å². The third-order valence-corrected chi connectivity index (χ3v) is 9.62. The number of phosphoric ester groups is 1. The summed E-state index contributed by atoms with van der Waals surface area (Å²) in [6, 6.07) is 0. The van der Waals surface area contributed by atoms with Crippen LogP contribution in [0.4, 0.5) is 0 Å². The molecule has 0 saturated heterocycles. The average Bonchev–Trinajstić information content (AvgIpc) is 3.10. The van der Waals surface area contributed by atoms with Crippen molar-refractivity contribution in [3.8, 4) is 0 Å². The largest absolute Gasteiger partial charge is 0.472 e. The number of carbonyl (C=O) groups excluding carboxylic acids is 2. The van der Waals surface area contributed by atoms with Crippen molar-refractivity contribution >= 4 is 19.8 Å². The maximum absolute atomic E-state index is 12.6. The normalized spacial score (nSPS) is 14.1. The van der Waals surface area contributed by atoms with Crippen molar-refractivity contribution in [3.05, 3.63) is 12.2 Å². The summed E-state index contributed by atoms with van der Waals surface area (Å²) >= 11 is 0. The summed E-state index contributed by atoms with van der Waals surface area (Å²) in [5, 5.41) is 18.3. The highest BCUT2D eigenvalue weighted by atomic mass is 31.2. The first-order chi connectivity index (χ1) is 24.2. The molecule has 0 aromatic rings. The number of hydrogen-bond acceptors (Lipinski definition) is 9. The second kappa shape index (κ2) is 36.1. The number of aliphatic hydroxyl groups is 2. The van der Waals surface area contributed by atoms with Gasteiger partial charge in [-0.05, 0) is 38.5 Å². The molecule has 0 aliphatic rings. The third kappa shape index (κ3) is 35.1. The predicted molar refractivity (Wildman–Crippen MR) is 201 cm³/mol. The Morgan fingerprint density at radius 3 is 1.44 bits per heavy atom. The molecular weight excluding hydrogens is 659 g/mol. The number of unbranched alkanes of at least 4 members (excludes halogenated alkanes) is 22. The maximum atomic E-state index is 12.6. The fourth-order valence-corrected chi connectivity index (χ4v) is 6.31. The highest BCUT2D eigenvalue weighted by molar-refractivity contribution is 7.47. The monoisotopic (exact) mass is 735 g/mol. The molecule has 0 aliphatic carbocycles. The smallest absolute Gasteiger partial charge is 0.462 e. The van der Waals surface area contributed by atoms with Gasteiger partial charge < -0.3 is 24.6 Å². The van der Waals surface area contributed by atoms with E-state index in [4.69, 9.17) is 19.1 Å². The standard InChI is InChI=1S/C39H75O10P/c1-3-5-7-9-11-13-15-17-18-19-21-23-25-27-29-31-39(43)49-37(35-48-50(44,45)47-33-36(41)32-40)34-46-38(42)30-28-26-24-22-20-16-14-12-10-8-6-4-2/h17-18,36-37,40-41H,3-16,19-35H2,1-2H3,(H,44,45)/b18-17+/t36?,37-/m1/s1. The van der Waals surface area contributed by atoms with Crippen LogP contribution in [-0.4, -0.2) is 65.7 Å². The van der Waals surface area contributed by atoms with Crippen LogP contribution in [0.3, 0.4) is 0 Å². The lowest BCUT2D eigenvalue weighted by molar-refractivity contribution is -0.161. The number of rotatable bonds is 38. The van der Waals surface area contributed by atoms with E-state index in [1.807, 2.05) is 0 Å². The van der Waals surface area contributed by atoms with Crippen molar-refractivity contribution in [3.63, 3.8) is 0 Å². The van der Waals surface area contributed by atoms with Crippen LogP contribution < -0.4 is 0 Å². The Labute approximate surface area is 305 Å². The maximum Gasteiger partial charge on any atom is 0.472 e. The van der Waals surface area contributed by atoms with Crippen molar-refractivity contribution < 1.29 is 47.8 Å². The quantitative estimate of drug-likeness (QED) is 0.0242. The lowest BCUT2D eigenvalue weighted by atomic mass is 10.0. The van der Waals surface area contributed by atoms with Gasteiger partial charge in [0.1, 0.15) is 12.7 Å². The Bertz CT molecular complexity index is 853. The lowest BCUT2D eigenvalue weighted by Gasteiger charge is -2.20. The molecule has 0 rings (SSSR count). The zero-order valence-electron chi connectivity index (χ0n) is 31.9. The second-order valence-corrected chi connectivity index (χ2v) is 15.1. The highest BCUT2D eigenvalue weighted by Gasteiger charge is 2.27. The van der Waals surface area contributed by atoms with E-state index in [-0.39, 0.29) is 19.4 Å². The minimum atomic E-state index is -4.61. The van der Waals surface area contributed by atoms with Crippen LogP contribution in [-0.2, 0) is 32.7 Å². The zero-order chi connectivity index (χ0) is 37.0. The summed E-state index contributed by atoms with van der Waals surface area (Å²) in [7, 11) is -4.61. The molecule has 50 heavy (non-hydrogen) atoms. The van der Waals surface area contributed by atoms with E-state index in [2.05, 4.69) is 30.5 Å². The molecule has 0 radical (unpaired) electrons. The highest BCUT2D eigenvalue weighted by Crippen LogP contribution is 2.43. The van der Waals surface area contributed by atoms with E-state index < -0.39 is 51.8 Å². The molecule has 296 valence electrons. The van der Waals surface area contributed by atoms with E-state index in [0.29, 0.717) is 12.8 Å². The van der Waals surface area contributed by atoms with Gasteiger partial charge in [-0.2, -0.15) is 0 Å². The average molecular weight is 735 g/mol. The van der Waals surface area contributed by atoms with Gasteiger partial charge in [0.15, 0.2) is 6.10 Å². The van der Waals surface area contributed by atoms with Crippen molar-refractivity contribution in [2.75, 3.05) is 26.4 Å². The van der Waals surface area contributed by atoms with Gasteiger partial charge in [0.2, 0.25) is 0 Å². The van der Waals surface area contributed by atoms with Gasteiger partial charge in [-0.1, -0.05) is 148 Å². The molecule has 0 spiro atoms. The summed E-state index contributed by atoms with van der Waals surface area (Å²) in [6.07, 6.45) is 31.8. The molecule has 10 nitrogen and oxygen atoms in total. The Kier molecular flexibility index (Phi) is 35.2. The number of ether oxygens (including phenoxy) is 2. The predicted octanol–water partition coefficient (Wildman–Crippen LogP) is 10.1. The Hall–Kier alpha value is -1.29. The van der Waals surface area contributed by atoms with E-state index >= 15 is 0 Å². The Morgan fingerprint density at radius 1 is 0.580 bits per heavy atom. The molecule has 11 heteroatoms. The van der Waals surface area contributed by atoms with Gasteiger partial charge in [-0.3, -0.25) is 18.6 Å². The molecule has 0 saturated carbocycles. The Balaban J connectivity index is 4.34. The zero-order valence-corrected chi connectivity index (χ0v) is 32.8. The van der Waals surface area contributed by atoms with Crippen LogP contribution in [0.15, 0.2) is 12.2 Å². The second-order valence-electron chi connectivity index (χ2n) is 13.7. The molecular formula is C39H75O10P. The topological polar surface area (TPSA) is 149 Å². The molecule has 0 fully saturated rings. The van der Waals surface area contributed by atoms with Crippen LogP contribution in [0.5, 0.6) is 0 Å². The van der Waals surface area contributed by atoms with E-state index in [1.165, 1.54) is 89.9 Å². The SMILES string of the molecule is CCCCCCCC/C=C/CCCCCCCC(=O)O[C@H](COC(=O)CCCCCCCCCCCCCC)COP(=O)(O)OCC(O)CO. The summed E-state index contributed by atoms with van der Waals surface area (Å²) in [5.41, 5.74) is 0. The van der Waals surface area contributed by atoms with Crippen molar-refractivity contribution in [2.24, 2.45) is 0 Å².